The first-order valence-corrected chi connectivity index (χ1v) is 11.2. The highest BCUT2D eigenvalue weighted by atomic mass is 32.2. The van der Waals surface area contributed by atoms with Gasteiger partial charge in [-0.05, 0) is 12.8 Å². The van der Waals surface area contributed by atoms with Gasteiger partial charge in [0.2, 0.25) is 5.91 Å². The third-order valence-corrected chi connectivity index (χ3v) is 6.89. The molecule has 226 valence electrons. The Bertz CT molecular complexity index is 982. The van der Waals surface area contributed by atoms with E-state index in [2.05, 4.69) is 0 Å². The van der Waals surface area contributed by atoms with Crippen LogP contribution in [-0.2, 0) is 14.8 Å². The Morgan fingerprint density at radius 2 is 0.842 bits per heavy atom. The zero-order chi connectivity index (χ0) is 30.6. The summed E-state index contributed by atoms with van der Waals surface area (Å²) in [5.41, 5.74) is 0. The molecule has 0 bridgehead atoms. The van der Waals surface area contributed by atoms with Crippen molar-refractivity contribution in [1.29, 1.82) is 0 Å². The van der Waals surface area contributed by atoms with Crippen molar-refractivity contribution in [3.63, 3.8) is 0 Å². The summed E-state index contributed by atoms with van der Waals surface area (Å²) in [5.74, 6) is -55.6. The smallest absolute Gasteiger partial charge is 0.274 e. The maximum atomic E-state index is 14.0. The third kappa shape index (κ3) is 4.86. The van der Waals surface area contributed by atoms with Gasteiger partial charge in [-0.15, -0.1) is 0 Å². The topological polar surface area (TPSA) is 63.2 Å². The predicted molar refractivity (Wildman–Crippen MR) is 88.9 cm³/mol. The Labute approximate surface area is 200 Å². The molecule has 1 fully saturated rings. The van der Waals surface area contributed by atoms with E-state index in [0.29, 0.717) is 12.8 Å². The maximum absolute atomic E-state index is 14.0. The molecule has 0 aromatic carbocycles. The lowest BCUT2D eigenvalue weighted by atomic mass is 9.91. The number of rotatable bonds is 9. The third-order valence-electron chi connectivity index (χ3n) is 5.49. The molecule has 0 saturated heterocycles. The van der Waals surface area contributed by atoms with E-state index >= 15 is 0 Å². The first-order valence-electron chi connectivity index (χ1n) is 9.76. The Morgan fingerprint density at radius 1 is 0.526 bits per heavy atom. The van der Waals surface area contributed by atoms with E-state index in [-0.39, 0.29) is 30.4 Å². The number of nitrogens with one attached hydrogen (secondary N) is 1. The second-order valence-corrected chi connectivity index (χ2v) is 9.84. The molecule has 1 aliphatic rings. The van der Waals surface area contributed by atoms with Crippen LogP contribution in [0.5, 0.6) is 0 Å². The first kappa shape index (κ1) is 34.3. The summed E-state index contributed by atoms with van der Waals surface area (Å²) in [6, 6.07) is 0. The zero-order valence-electron chi connectivity index (χ0n) is 17.9. The van der Waals surface area contributed by atoms with Gasteiger partial charge in [0.05, 0.1) is 0 Å². The lowest BCUT2D eigenvalue weighted by Crippen LogP contribution is -2.75. The zero-order valence-corrected chi connectivity index (χ0v) is 18.7. The van der Waals surface area contributed by atoms with Crippen molar-refractivity contribution in [2.75, 3.05) is 0 Å². The van der Waals surface area contributed by atoms with Gasteiger partial charge in [-0.1, -0.05) is 25.7 Å². The van der Waals surface area contributed by atoms with Gasteiger partial charge in [-0.2, -0.15) is 83.1 Å². The van der Waals surface area contributed by atoms with Crippen LogP contribution >= 0.6 is 0 Å². The number of carbonyl (C=O) groups is 1. The molecule has 0 heterocycles. The fourth-order valence-corrected chi connectivity index (χ4v) is 4.17. The highest BCUT2D eigenvalue weighted by Gasteiger charge is 2.96. The van der Waals surface area contributed by atoms with Crippen LogP contribution in [-0.4, -0.2) is 61.3 Å². The summed E-state index contributed by atoms with van der Waals surface area (Å²) in [5, 5.41) is -7.74. The van der Waals surface area contributed by atoms with Crippen LogP contribution in [0.3, 0.4) is 0 Å². The normalized spacial score (nSPS) is 18.8. The van der Waals surface area contributed by atoms with E-state index in [9.17, 15) is 87.8 Å². The van der Waals surface area contributed by atoms with Crippen molar-refractivity contribution < 1.29 is 87.8 Å². The van der Waals surface area contributed by atoms with Crippen molar-refractivity contribution >= 4 is 15.9 Å². The molecule has 0 aliphatic heterocycles. The molecular weight excluding hydrogens is 609 g/mol. The van der Waals surface area contributed by atoms with Crippen LogP contribution in [0.15, 0.2) is 0 Å². The van der Waals surface area contributed by atoms with Gasteiger partial charge in [0.25, 0.3) is 0 Å². The number of alkyl halides is 17. The molecule has 1 saturated carbocycles. The molecule has 1 amide bonds. The van der Waals surface area contributed by atoms with Crippen LogP contribution in [0.1, 0.15) is 38.5 Å². The van der Waals surface area contributed by atoms with Gasteiger partial charge in [0, 0.05) is 5.92 Å². The molecule has 1 rings (SSSR count). The quantitative estimate of drug-likeness (QED) is 0.240. The van der Waals surface area contributed by atoms with E-state index in [1.165, 1.54) is 0 Å². The number of halogens is 17. The van der Waals surface area contributed by atoms with Gasteiger partial charge in [0.15, 0.2) is 0 Å². The minimum atomic E-state index is -8.91. The minimum Gasteiger partial charge on any atom is -0.274 e. The fraction of sp³-hybridized carbons (Fsp3) is 0.938. The summed E-state index contributed by atoms with van der Waals surface area (Å²) in [7, 11) is -7.61. The molecule has 0 atom stereocenters. The van der Waals surface area contributed by atoms with Gasteiger partial charge >= 0.3 is 57.0 Å². The molecule has 0 aromatic rings. The summed E-state index contributed by atoms with van der Waals surface area (Å²) in [6.45, 7) is 0. The van der Waals surface area contributed by atoms with Crippen molar-refractivity contribution in [2.24, 2.45) is 5.92 Å². The van der Waals surface area contributed by atoms with Crippen molar-refractivity contribution in [3.05, 3.63) is 0 Å². The minimum absolute atomic E-state index is 0.140. The second-order valence-electron chi connectivity index (χ2n) is 8.12. The molecule has 0 spiro atoms. The van der Waals surface area contributed by atoms with Crippen LogP contribution in [0.4, 0.5) is 74.6 Å². The predicted octanol–water partition coefficient (Wildman–Crippen LogP) is 6.37. The number of sulfonamides is 1. The monoisotopic (exact) mass is 623 g/mol. The molecule has 4 nitrogen and oxygen atoms in total. The molecule has 0 radical (unpaired) electrons. The molecule has 22 heteroatoms. The molecule has 38 heavy (non-hydrogen) atoms. The lowest BCUT2D eigenvalue weighted by molar-refractivity contribution is -0.458. The van der Waals surface area contributed by atoms with Crippen LogP contribution in [0.25, 0.3) is 0 Å². The van der Waals surface area contributed by atoms with Gasteiger partial charge in [-0.3, -0.25) is 4.79 Å². The SMILES string of the molecule is O=C(NS(=O)(=O)C(F)(F)C(F)(F)C(F)(F)C(F)(F)C(F)(F)C(F)(F)C(F)(F)C(F)(F)F)C1CCCCCC1. The summed E-state index contributed by atoms with van der Waals surface area (Å²) in [4.78, 5) is 11.9. The highest BCUT2D eigenvalue weighted by Crippen LogP contribution is 2.64. The summed E-state index contributed by atoms with van der Waals surface area (Å²) >= 11 is 0. The number of hydrogen-bond acceptors (Lipinski definition) is 3. The lowest BCUT2D eigenvalue weighted by Gasteiger charge is -2.42. The molecule has 1 aliphatic carbocycles. The van der Waals surface area contributed by atoms with E-state index < -0.39 is 68.8 Å². The largest absolute Gasteiger partial charge is 0.460 e. The Morgan fingerprint density at radius 3 is 1.18 bits per heavy atom. The molecular formula is C16H14F17NO3S. The molecule has 0 aromatic heterocycles. The second kappa shape index (κ2) is 9.70. The standard InChI is InChI=1S/C16H14F17NO3S/c17-9(18,11(21,22)13(25,26)15(29,30)31)10(19,20)12(23,24)14(27,28)16(32,33)38(36,37)34-8(35)7-5-3-1-2-4-6-7/h7H,1-6H2,(H,34,35). The average Bonchev–Trinajstić information content (AvgIpc) is 3.01. The van der Waals surface area contributed by atoms with Gasteiger partial charge < -0.3 is 0 Å². The highest BCUT2D eigenvalue weighted by molar-refractivity contribution is 7.91. The van der Waals surface area contributed by atoms with Crippen LogP contribution in [0.2, 0.25) is 0 Å². The number of hydrogen-bond donors (Lipinski definition) is 1. The van der Waals surface area contributed by atoms with Gasteiger partial charge in [-0.25, -0.2) is 4.72 Å². The number of amides is 1. The van der Waals surface area contributed by atoms with Crippen LogP contribution in [0, 0.1) is 5.92 Å². The van der Waals surface area contributed by atoms with E-state index in [0.717, 1.165) is 0 Å². The van der Waals surface area contributed by atoms with Crippen molar-refractivity contribution in [2.45, 2.75) is 85.5 Å². The Kier molecular flexibility index (Phi) is 8.75. The average molecular weight is 623 g/mol. The first-order chi connectivity index (χ1) is 16.5. The number of carbonyl (C=O) groups excluding carboxylic acids is 1. The summed E-state index contributed by atoms with van der Waals surface area (Å²) in [6.07, 6.45) is -7.33. The van der Waals surface area contributed by atoms with E-state index in [1.54, 1.807) is 0 Å². The maximum Gasteiger partial charge on any atom is 0.460 e. The molecule has 1 N–H and O–H groups in total. The van der Waals surface area contributed by atoms with E-state index in [4.69, 9.17) is 0 Å². The van der Waals surface area contributed by atoms with Crippen molar-refractivity contribution in [3.8, 4) is 0 Å². The van der Waals surface area contributed by atoms with Gasteiger partial charge in [0.1, 0.15) is 0 Å². The summed E-state index contributed by atoms with van der Waals surface area (Å²) < 4.78 is 249. The Balaban J connectivity index is 3.56. The molecule has 0 unspecified atom stereocenters. The van der Waals surface area contributed by atoms with E-state index in [1.807, 2.05) is 0 Å². The fourth-order valence-electron chi connectivity index (χ4n) is 3.14. The van der Waals surface area contributed by atoms with Crippen molar-refractivity contribution in [1.82, 2.24) is 4.72 Å². The Hall–Kier alpha value is -1.77. The van der Waals surface area contributed by atoms with Crippen LogP contribution < -0.4 is 4.72 Å².